The van der Waals surface area contributed by atoms with Crippen molar-refractivity contribution in [2.75, 3.05) is 26.2 Å². The average molecular weight is 257 g/mol. The maximum absolute atomic E-state index is 5.84. The number of nitrogens with two attached hydrogens (primary N) is 1. The normalized spacial score (nSPS) is 20.1. The lowest BCUT2D eigenvalue weighted by Crippen LogP contribution is -2.32. The van der Waals surface area contributed by atoms with Gasteiger partial charge in [0.25, 0.3) is 0 Å². The van der Waals surface area contributed by atoms with Gasteiger partial charge in [0.05, 0.1) is 0 Å². The molecule has 1 aromatic heterocycles. The Kier molecular flexibility index (Phi) is 4.89. The van der Waals surface area contributed by atoms with Crippen LogP contribution < -0.4 is 5.73 Å². The first-order chi connectivity index (χ1) is 8.29. The quantitative estimate of drug-likeness (QED) is 0.901. The second-order valence-corrected chi connectivity index (χ2v) is 5.16. The average Bonchev–Trinajstić information content (AvgIpc) is 2.62. The van der Waals surface area contributed by atoms with Crippen LogP contribution in [-0.2, 0) is 0 Å². The second-order valence-electron chi connectivity index (χ2n) is 4.79. The lowest BCUT2D eigenvalue weighted by Gasteiger charge is -2.24. The van der Waals surface area contributed by atoms with Gasteiger partial charge >= 0.3 is 0 Å². The molecule has 1 atom stereocenters. The number of furan rings is 1. The summed E-state index contributed by atoms with van der Waals surface area (Å²) in [6.07, 6.45) is 5.32. The van der Waals surface area contributed by atoms with Crippen LogP contribution in [0.5, 0.6) is 0 Å². The van der Waals surface area contributed by atoms with E-state index in [1.165, 1.54) is 38.8 Å². The molecule has 0 saturated carbocycles. The van der Waals surface area contributed by atoms with Gasteiger partial charge in [-0.15, -0.1) is 0 Å². The third-order valence-electron chi connectivity index (χ3n) is 3.46. The van der Waals surface area contributed by atoms with Gasteiger partial charge in [-0.25, -0.2) is 0 Å². The number of hydrogen-bond donors (Lipinski definition) is 1. The summed E-state index contributed by atoms with van der Waals surface area (Å²) in [5.74, 6) is 1.18. The molecule has 0 amide bonds. The molecule has 0 bridgehead atoms. The predicted molar refractivity (Wildman–Crippen MR) is 70.4 cm³/mol. The third kappa shape index (κ3) is 3.73. The fourth-order valence-corrected chi connectivity index (χ4v) is 2.61. The summed E-state index contributed by atoms with van der Waals surface area (Å²) in [6.45, 7) is 3.97. The van der Waals surface area contributed by atoms with E-state index in [1.807, 2.05) is 6.07 Å². The van der Waals surface area contributed by atoms with Crippen LogP contribution in [0.4, 0.5) is 0 Å². The summed E-state index contributed by atoms with van der Waals surface area (Å²) in [7, 11) is 0. The van der Waals surface area contributed by atoms with Gasteiger partial charge in [-0.2, -0.15) is 0 Å². The van der Waals surface area contributed by atoms with Crippen LogP contribution in [-0.4, -0.2) is 31.1 Å². The lowest BCUT2D eigenvalue weighted by molar-refractivity contribution is 0.256. The smallest absolute Gasteiger partial charge is 0.193 e. The highest BCUT2D eigenvalue weighted by Gasteiger charge is 2.18. The van der Waals surface area contributed by atoms with Crippen LogP contribution in [0, 0.1) is 0 Å². The molecule has 1 aliphatic rings. The minimum atomic E-state index is 0.264. The van der Waals surface area contributed by atoms with E-state index in [1.54, 1.807) is 6.07 Å². The molecule has 2 N–H and O–H groups in total. The van der Waals surface area contributed by atoms with Crippen LogP contribution in [0.15, 0.2) is 16.5 Å². The summed E-state index contributed by atoms with van der Waals surface area (Å²) in [5.41, 5.74) is 5.84. The summed E-state index contributed by atoms with van der Waals surface area (Å²) in [4.78, 5) is 2.50. The molecule has 0 aromatic carbocycles. The number of hydrogen-bond acceptors (Lipinski definition) is 3. The molecule has 1 aliphatic heterocycles. The fourth-order valence-electron chi connectivity index (χ4n) is 2.46. The van der Waals surface area contributed by atoms with E-state index in [9.17, 15) is 0 Å². The third-order valence-corrected chi connectivity index (χ3v) is 3.66. The van der Waals surface area contributed by atoms with Gasteiger partial charge in [0.15, 0.2) is 5.22 Å². The van der Waals surface area contributed by atoms with Gasteiger partial charge < -0.3 is 15.1 Å². The van der Waals surface area contributed by atoms with Crippen LogP contribution in [0.3, 0.4) is 0 Å². The van der Waals surface area contributed by atoms with Gasteiger partial charge in [-0.05, 0) is 49.7 Å². The minimum absolute atomic E-state index is 0.264. The second kappa shape index (κ2) is 6.43. The van der Waals surface area contributed by atoms with E-state index >= 15 is 0 Å². The first-order valence-electron chi connectivity index (χ1n) is 6.47. The van der Waals surface area contributed by atoms with Crippen molar-refractivity contribution in [3.63, 3.8) is 0 Å². The highest BCUT2D eigenvalue weighted by molar-refractivity contribution is 6.28. The molecule has 17 heavy (non-hydrogen) atoms. The van der Waals surface area contributed by atoms with Crippen molar-refractivity contribution in [2.45, 2.75) is 31.6 Å². The molecule has 96 valence electrons. The molecule has 2 rings (SSSR count). The fraction of sp³-hybridized carbons (Fsp3) is 0.692. The van der Waals surface area contributed by atoms with E-state index in [0.29, 0.717) is 11.8 Å². The minimum Gasteiger partial charge on any atom is -0.449 e. The van der Waals surface area contributed by atoms with Crippen molar-refractivity contribution >= 4 is 11.6 Å². The highest BCUT2D eigenvalue weighted by atomic mass is 35.5. The summed E-state index contributed by atoms with van der Waals surface area (Å²) < 4.78 is 5.47. The van der Waals surface area contributed by atoms with Crippen molar-refractivity contribution in [1.82, 2.24) is 4.90 Å². The monoisotopic (exact) mass is 256 g/mol. The standard InChI is InChI=1S/C13H21ClN2O/c14-13-6-5-12(17-13)11(9-15)10-16-7-3-1-2-4-8-16/h5-6,11H,1-4,7-10,15H2. The lowest BCUT2D eigenvalue weighted by atomic mass is 10.1. The summed E-state index contributed by atoms with van der Waals surface area (Å²) in [5, 5.41) is 0.453. The first-order valence-corrected chi connectivity index (χ1v) is 6.85. The van der Waals surface area contributed by atoms with E-state index < -0.39 is 0 Å². The molecule has 0 spiro atoms. The maximum atomic E-state index is 5.84. The Morgan fingerprint density at radius 1 is 1.24 bits per heavy atom. The molecule has 1 fully saturated rings. The maximum Gasteiger partial charge on any atom is 0.193 e. The molecule has 4 heteroatoms. The molecular weight excluding hydrogens is 236 g/mol. The molecule has 0 radical (unpaired) electrons. The molecule has 0 aliphatic carbocycles. The Morgan fingerprint density at radius 2 is 1.94 bits per heavy atom. The Morgan fingerprint density at radius 3 is 2.47 bits per heavy atom. The molecule has 1 saturated heterocycles. The van der Waals surface area contributed by atoms with Crippen molar-refractivity contribution in [3.05, 3.63) is 23.1 Å². The first kappa shape index (κ1) is 12.9. The van der Waals surface area contributed by atoms with E-state index in [0.717, 1.165) is 12.3 Å². The molecule has 2 heterocycles. The Hall–Kier alpha value is -0.510. The number of halogens is 1. The number of nitrogens with zero attached hydrogens (tertiary/aromatic N) is 1. The predicted octanol–water partition coefficient (Wildman–Crippen LogP) is 2.85. The zero-order valence-electron chi connectivity index (χ0n) is 10.2. The van der Waals surface area contributed by atoms with Gasteiger partial charge in [-0.3, -0.25) is 0 Å². The van der Waals surface area contributed by atoms with Crippen LogP contribution >= 0.6 is 11.6 Å². The van der Waals surface area contributed by atoms with Crippen LogP contribution in [0.25, 0.3) is 0 Å². The van der Waals surface area contributed by atoms with Crippen molar-refractivity contribution < 1.29 is 4.42 Å². The van der Waals surface area contributed by atoms with Crippen molar-refractivity contribution in [1.29, 1.82) is 0 Å². The molecule has 3 nitrogen and oxygen atoms in total. The zero-order valence-corrected chi connectivity index (χ0v) is 11.0. The van der Waals surface area contributed by atoms with Gasteiger partial charge in [0.1, 0.15) is 5.76 Å². The van der Waals surface area contributed by atoms with E-state index in [-0.39, 0.29) is 5.92 Å². The Balaban J connectivity index is 1.94. The molecule has 1 unspecified atom stereocenters. The van der Waals surface area contributed by atoms with E-state index in [4.69, 9.17) is 21.8 Å². The zero-order chi connectivity index (χ0) is 12.1. The van der Waals surface area contributed by atoms with Gasteiger partial charge in [0, 0.05) is 19.0 Å². The number of rotatable bonds is 4. The van der Waals surface area contributed by atoms with Crippen LogP contribution in [0.2, 0.25) is 5.22 Å². The van der Waals surface area contributed by atoms with Crippen LogP contribution in [0.1, 0.15) is 37.4 Å². The molecule has 1 aromatic rings. The van der Waals surface area contributed by atoms with Crippen molar-refractivity contribution in [3.8, 4) is 0 Å². The van der Waals surface area contributed by atoms with Gasteiger partial charge in [-0.1, -0.05) is 12.8 Å². The SMILES string of the molecule is NCC(CN1CCCCCC1)c1ccc(Cl)o1. The highest BCUT2D eigenvalue weighted by Crippen LogP contribution is 2.23. The van der Waals surface area contributed by atoms with Crippen molar-refractivity contribution in [2.24, 2.45) is 5.73 Å². The largest absolute Gasteiger partial charge is 0.449 e. The number of likely N-dealkylation sites (tertiary alicyclic amines) is 1. The molecular formula is C13H21ClN2O. The van der Waals surface area contributed by atoms with E-state index in [2.05, 4.69) is 4.90 Å². The summed E-state index contributed by atoms with van der Waals surface area (Å²) in [6, 6.07) is 3.74. The van der Waals surface area contributed by atoms with Gasteiger partial charge in [0.2, 0.25) is 0 Å². The summed E-state index contributed by atoms with van der Waals surface area (Å²) >= 11 is 5.81. The topological polar surface area (TPSA) is 42.4 Å². The Bertz CT molecular complexity index is 332. The Labute approximate surface area is 108 Å².